The fraction of sp³-hybridized carbons (Fsp3) is 0.600. The van der Waals surface area contributed by atoms with E-state index in [0.717, 1.165) is 12.8 Å². The molecule has 1 aliphatic rings. The molecule has 1 aromatic carbocycles. The summed E-state index contributed by atoms with van der Waals surface area (Å²) in [5.41, 5.74) is 1.22. The molecule has 1 heterocycles. The Bertz CT molecular complexity index is 695. The largest absolute Gasteiger partial charge is 0.480 e. The molecule has 28 heavy (non-hydrogen) atoms. The second-order valence-electron chi connectivity index (χ2n) is 7.05. The zero-order valence-corrected chi connectivity index (χ0v) is 17.5. The zero-order valence-electron chi connectivity index (χ0n) is 16.6. The predicted octanol–water partition coefficient (Wildman–Crippen LogP) is 3.02. The normalized spacial score (nSPS) is 21.4. The average Bonchev–Trinajstić information content (AvgIpc) is 3.11. The molecule has 0 aliphatic carbocycles. The van der Waals surface area contributed by atoms with E-state index in [2.05, 4.69) is 12.1 Å². The van der Waals surface area contributed by atoms with Gasteiger partial charge in [-0.2, -0.15) is 0 Å². The first-order chi connectivity index (χ1) is 13.4. The number of aliphatic carboxylic acids is 1. The molecule has 1 aromatic rings. The maximum Gasteiger partial charge on any atom is 0.326 e. The van der Waals surface area contributed by atoms with Crippen LogP contribution in [-0.4, -0.2) is 66.6 Å². The monoisotopic (exact) mass is 411 g/mol. The highest BCUT2D eigenvalue weighted by atomic mass is 31.2. The number of unbranched alkanes of at least 4 members (excludes halogenated alkanes) is 1. The molecule has 0 saturated carbocycles. The van der Waals surface area contributed by atoms with Crippen molar-refractivity contribution >= 4 is 19.2 Å². The molecule has 0 radical (unpaired) electrons. The number of ether oxygens (including phenoxy) is 1. The van der Waals surface area contributed by atoms with E-state index in [1.54, 1.807) is 6.92 Å². The number of carboxylic acids is 1. The summed E-state index contributed by atoms with van der Waals surface area (Å²) in [4.78, 5) is 25.5. The third-order valence-corrected chi connectivity index (χ3v) is 7.48. The van der Waals surface area contributed by atoms with Crippen LogP contribution in [0, 0.1) is 0 Å². The Morgan fingerprint density at radius 3 is 2.57 bits per heavy atom. The quantitative estimate of drug-likeness (QED) is 0.444. The minimum atomic E-state index is -3.16. The summed E-state index contributed by atoms with van der Waals surface area (Å²) in [7, 11) is -1.66. The van der Waals surface area contributed by atoms with Crippen molar-refractivity contribution in [2.45, 2.75) is 44.8 Å². The number of amides is 1. The molecule has 156 valence electrons. The number of carbonyl (C=O) groups excluding carboxylic acids is 1. The maximum atomic E-state index is 13.2. The Morgan fingerprint density at radius 2 is 1.96 bits per heavy atom. The van der Waals surface area contributed by atoms with Crippen molar-refractivity contribution < 1.29 is 28.5 Å². The molecule has 0 bridgehead atoms. The highest BCUT2D eigenvalue weighted by Gasteiger charge is 2.41. The number of benzene rings is 1. The molecule has 0 aromatic heterocycles. The zero-order chi connectivity index (χ0) is 20.6. The number of carboxylic acid groups (broad SMARTS) is 1. The first kappa shape index (κ1) is 22.6. The van der Waals surface area contributed by atoms with E-state index in [1.807, 2.05) is 18.2 Å². The minimum absolute atomic E-state index is 0.201. The van der Waals surface area contributed by atoms with Crippen molar-refractivity contribution in [1.29, 1.82) is 0 Å². The third-order valence-electron chi connectivity index (χ3n) is 5.00. The van der Waals surface area contributed by atoms with Gasteiger partial charge in [0.15, 0.2) is 0 Å². The maximum absolute atomic E-state index is 13.2. The topological polar surface area (TPSA) is 93.1 Å². The van der Waals surface area contributed by atoms with Gasteiger partial charge in [-0.05, 0) is 31.7 Å². The summed E-state index contributed by atoms with van der Waals surface area (Å²) in [6.45, 7) is 2.21. The van der Waals surface area contributed by atoms with Crippen LogP contribution in [0.2, 0.25) is 0 Å². The summed E-state index contributed by atoms with van der Waals surface area (Å²) in [6, 6.07) is 9.11. The molecule has 7 nitrogen and oxygen atoms in total. The Morgan fingerprint density at radius 1 is 1.25 bits per heavy atom. The van der Waals surface area contributed by atoms with Gasteiger partial charge in [-0.1, -0.05) is 30.3 Å². The highest BCUT2D eigenvalue weighted by Crippen LogP contribution is 2.48. The van der Waals surface area contributed by atoms with Gasteiger partial charge in [0.1, 0.15) is 12.2 Å². The molecule has 8 heteroatoms. The van der Waals surface area contributed by atoms with E-state index in [4.69, 9.17) is 9.26 Å². The Labute approximate surface area is 166 Å². The van der Waals surface area contributed by atoms with Gasteiger partial charge < -0.3 is 19.3 Å². The van der Waals surface area contributed by atoms with Gasteiger partial charge in [-0.3, -0.25) is 9.36 Å². The molecule has 1 N–H and O–H groups in total. The second-order valence-corrected chi connectivity index (χ2v) is 9.70. The van der Waals surface area contributed by atoms with Crippen molar-refractivity contribution in [2.24, 2.45) is 0 Å². The van der Waals surface area contributed by atoms with Gasteiger partial charge in [-0.15, -0.1) is 0 Å². The Hall–Kier alpha value is -1.69. The van der Waals surface area contributed by atoms with E-state index in [0.29, 0.717) is 12.6 Å². The van der Waals surface area contributed by atoms with Crippen LogP contribution in [0.3, 0.4) is 0 Å². The molecule has 1 fully saturated rings. The van der Waals surface area contributed by atoms with Gasteiger partial charge >= 0.3 is 5.97 Å². The summed E-state index contributed by atoms with van der Waals surface area (Å²) in [6.07, 6.45) is 2.40. The van der Waals surface area contributed by atoms with Crippen LogP contribution in [-0.2, 0) is 29.8 Å². The van der Waals surface area contributed by atoms with Crippen LogP contribution in [0.1, 0.15) is 31.7 Å². The van der Waals surface area contributed by atoms with Gasteiger partial charge in [-0.25, -0.2) is 4.79 Å². The lowest BCUT2D eigenvalue weighted by Crippen LogP contribution is -2.42. The number of likely N-dealkylation sites (tertiary alicyclic amines) is 1. The van der Waals surface area contributed by atoms with Crippen LogP contribution in [0.25, 0.3) is 0 Å². The van der Waals surface area contributed by atoms with Crippen LogP contribution < -0.4 is 0 Å². The van der Waals surface area contributed by atoms with Crippen molar-refractivity contribution in [3.8, 4) is 0 Å². The molecule has 1 aliphatic heterocycles. The third kappa shape index (κ3) is 6.43. The van der Waals surface area contributed by atoms with E-state index in [9.17, 15) is 19.3 Å². The van der Waals surface area contributed by atoms with E-state index in [1.165, 1.54) is 17.6 Å². The minimum Gasteiger partial charge on any atom is -0.480 e. The van der Waals surface area contributed by atoms with Gasteiger partial charge in [0.05, 0.1) is 12.7 Å². The van der Waals surface area contributed by atoms with Gasteiger partial charge in [0.2, 0.25) is 13.3 Å². The standard InChI is InChI=1S/C20H30NO6P/c1-3-27-28(25,12-8-7-11-16-9-5-4-6-10-16)15-19(22)21-14-17(26-2)13-18(21)20(23)24/h4-6,9-10,17-18H,3,7-8,11-15H2,1-2H3,(H,23,24)/t17-,18-,28?/m0/s1. The first-order valence-corrected chi connectivity index (χ1v) is 11.7. The first-order valence-electron chi connectivity index (χ1n) is 9.70. The number of hydrogen-bond acceptors (Lipinski definition) is 5. The predicted molar refractivity (Wildman–Crippen MR) is 107 cm³/mol. The molecule has 1 unspecified atom stereocenters. The van der Waals surface area contributed by atoms with E-state index >= 15 is 0 Å². The molecule has 3 atom stereocenters. The number of rotatable bonds is 11. The molecular formula is C20H30NO6P. The summed E-state index contributed by atoms with van der Waals surface area (Å²) in [5.74, 6) is -1.51. The van der Waals surface area contributed by atoms with Crippen LogP contribution in [0.15, 0.2) is 30.3 Å². The van der Waals surface area contributed by atoms with Crippen molar-refractivity contribution in [2.75, 3.05) is 32.6 Å². The SMILES string of the molecule is CCOP(=O)(CCCCc1ccccc1)CC(=O)N1C[C@@H](OC)C[C@H]1C(=O)O. The fourth-order valence-corrected chi connectivity index (χ4v) is 5.67. The van der Waals surface area contributed by atoms with Gasteiger partial charge in [0, 0.05) is 26.2 Å². The summed E-state index contributed by atoms with van der Waals surface area (Å²) >= 11 is 0. The number of hydrogen-bond donors (Lipinski definition) is 1. The second kappa shape index (κ2) is 10.7. The van der Waals surface area contributed by atoms with Crippen LogP contribution in [0.5, 0.6) is 0 Å². The number of aryl methyl sites for hydroxylation is 1. The molecule has 0 spiro atoms. The van der Waals surface area contributed by atoms with Crippen molar-refractivity contribution in [3.63, 3.8) is 0 Å². The lowest BCUT2D eigenvalue weighted by molar-refractivity contribution is -0.147. The fourth-order valence-electron chi connectivity index (χ4n) is 3.53. The Balaban J connectivity index is 1.93. The lowest BCUT2D eigenvalue weighted by atomic mass is 10.1. The van der Waals surface area contributed by atoms with Gasteiger partial charge in [0.25, 0.3) is 0 Å². The summed E-state index contributed by atoms with van der Waals surface area (Å²) < 4.78 is 23.9. The van der Waals surface area contributed by atoms with Crippen molar-refractivity contribution in [1.82, 2.24) is 4.90 Å². The smallest absolute Gasteiger partial charge is 0.326 e. The highest BCUT2D eigenvalue weighted by molar-refractivity contribution is 7.59. The number of nitrogens with zero attached hydrogens (tertiary/aromatic N) is 1. The van der Waals surface area contributed by atoms with E-state index < -0.39 is 25.3 Å². The van der Waals surface area contributed by atoms with Crippen LogP contribution >= 0.6 is 7.37 Å². The molecular weight excluding hydrogens is 381 g/mol. The lowest BCUT2D eigenvalue weighted by Gasteiger charge is -2.24. The average molecular weight is 411 g/mol. The number of carbonyl (C=O) groups is 2. The summed E-state index contributed by atoms with van der Waals surface area (Å²) in [5, 5.41) is 9.38. The van der Waals surface area contributed by atoms with Crippen LogP contribution in [0.4, 0.5) is 0 Å². The Kier molecular flexibility index (Phi) is 8.67. The van der Waals surface area contributed by atoms with Crippen molar-refractivity contribution in [3.05, 3.63) is 35.9 Å². The molecule has 1 amide bonds. The van der Waals surface area contributed by atoms with E-state index in [-0.39, 0.29) is 31.8 Å². The number of methoxy groups -OCH3 is 1. The molecule has 1 saturated heterocycles. The molecule has 2 rings (SSSR count).